The number of aliphatic hydroxyl groups is 1. The minimum Gasteiger partial charge on any atom is -0.395 e. The van der Waals surface area contributed by atoms with Crippen LogP contribution in [0.5, 0.6) is 0 Å². The molecule has 1 aromatic rings. The van der Waals surface area contributed by atoms with Crippen molar-refractivity contribution < 1.29 is 14.3 Å². The van der Waals surface area contributed by atoms with Gasteiger partial charge < -0.3 is 10.0 Å². The van der Waals surface area contributed by atoms with Crippen molar-refractivity contribution in [1.29, 1.82) is 0 Å². The summed E-state index contributed by atoms with van der Waals surface area (Å²) >= 11 is 0. The fraction of sp³-hybridized carbons (Fsp3) is 0.571. The van der Waals surface area contributed by atoms with Crippen molar-refractivity contribution >= 4 is 5.91 Å². The van der Waals surface area contributed by atoms with Gasteiger partial charge >= 0.3 is 0 Å². The Labute approximate surface area is 118 Å². The van der Waals surface area contributed by atoms with Crippen molar-refractivity contribution in [2.24, 2.45) is 0 Å². The Kier molecular flexibility index (Phi) is 5.03. The summed E-state index contributed by atoms with van der Waals surface area (Å²) in [6.07, 6.45) is 3.36. The number of hydrogen-bond donors (Lipinski definition) is 1. The molecule has 0 aliphatic carbocycles. The van der Waals surface area contributed by atoms with Crippen molar-refractivity contribution in [2.45, 2.75) is 19.4 Å². The van der Waals surface area contributed by atoms with Crippen LogP contribution in [0.15, 0.2) is 18.5 Å². The van der Waals surface area contributed by atoms with E-state index in [2.05, 4.69) is 9.88 Å². The molecule has 6 heteroatoms. The van der Waals surface area contributed by atoms with Crippen LogP contribution in [0.25, 0.3) is 0 Å². The molecule has 1 atom stereocenters. The molecule has 2 rings (SSSR count). The number of pyridine rings is 1. The number of halogens is 1. The molecule has 0 unspecified atom stereocenters. The molecule has 1 aliphatic heterocycles. The van der Waals surface area contributed by atoms with E-state index in [0.29, 0.717) is 13.1 Å². The second kappa shape index (κ2) is 6.76. The number of aromatic nitrogens is 1. The zero-order valence-electron chi connectivity index (χ0n) is 11.6. The molecule has 1 amide bonds. The summed E-state index contributed by atoms with van der Waals surface area (Å²) in [4.78, 5) is 19.8. The molecule has 0 saturated carbocycles. The normalized spacial score (nSPS) is 18.1. The van der Waals surface area contributed by atoms with Crippen molar-refractivity contribution in [3.63, 3.8) is 0 Å². The van der Waals surface area contributed by atoms with Gasteiger partial charge in [0.15, 0.2) is 0 Å². The number of piperazine rings is 1. The molecule has 20 heavy (non-hydrogen) atoms. The molecule has 1 saturated heterocycles. The highest BCUT2D eigenvalue weighted by Crippen LogP contribution is 2.12. The van der Waals surface area contributed by atoms with E-state index in [-0.39, 0.29) is 24.1 Å². The first-order chi connectivity index (χ1) is 9.65. The first-order valence-corrected chi connectivity index (χ1v) is 6.90. The van der Waals surface area contributed by atoms with E-state index in [1.807, 2.05) is 6.92 Å². The lowest BCUT2D eigenvalue weighted by Gasteiger charge is -2.38. The summed E-state index contributed by atoms with van der Waals surface area (Å²) in [5.74, 6) is -0.686. The number of amides is 1. The predicted molar refractivity (Wildman–Crippen MR) is 72.8 cm³/mol. The minimum absolute atomic E-state index is 0.137. The van der Waals surface area contributed by atoms with Gasteiger partial charge in [-0.1, -0.05) is 6.92 Å². The van der Waals surface area contributed by atoms with Gasteiger partial charge in [0.05, 0.1) is 18.4 Å². The van der Waals surface area contributed by atoms with Gasteiger partial charge in [0.1, 0.15) is 5.82 Å². The van der Waals surface area contributed by atoms with Crippen molar-refractivity contribution in [3.05, 3.63) is 29.8 Å². The minimum atomic E-state index is -0.499. The van der Waals surface area contributed by atoms with E-state index in [9.17, 15) is 14.3 Å². The number of hydrogen-bond acceptors (Lipinski definition) is 4. The van der Waals surface area contributed by atoms with Gasteiger partial charge in [-0.15, -0.1) is 0 Å². The Morgan fingerprint density at radius 1 is 1.40 bits per heavy atom. The van der Waals surface area contributed by atoms with Crippen molar-refractivity contribution in [2.75, 3.05) is 32.8 Å². The van der Waals surface area contributed by atoms with Crippen LogP contribution in [0.2, 0.25) is 0 Å². The Morgan fingerprint density at radius 3 is 2.65 bits per heavy atom. The molecule has 0 radical (unpaired) electrons. The number of aliphatic hydroxyl groups excluding tert-OH is 1. The predicted octanol–water partition coefficient (Wildman–Crippen LogP) is 0.749. The molecule has 2 heterocycles. The van der Waals surface area contributed by atoms with Crippen LogP contribution >= 0.6 is 0 Å². The van der Waals surface area contributed by atoms with Crippen LogP contribution in [0.1, 0.15) is 23.7 Å². The maximum atomic E-state index is 13.1. The van der Waals surface area contributed by atoms with E-state index in [4.69, 9.17) is 0 Å². The van der Waals surface area contributed by atoms with E-state index >= 15 is 0 Å². The lowest BCUT2D eigenvalue weighted by atomic mass is 10.1. The first kappa shape index (κ1) is 14.9. The lowest BCUT2D eigenvalue weighted by Crippen LogP contribution is -2.52. The molecule has 1 aliphatic rings. The van der Waals surface area contributed by atoms with Gasteiger partial charge in [0.2, 0.25) is 0 Å². The highest BCUT2D eigenvalue weighted by Gasteiger charge is 2.25. The average Bonchev–Trinajstić information content (AvgIpc) is 2.48. The van der Waals surface area contributed by atoms with Gasteiger partial charge in [-0.2, -0.15) is 0 Å². The molecule has 1 N–H and O–H groups in total. The van der Waals surface area contributed by atoms with Crippen LogP contribution < -0.4 is 0 Å². The smallest absolute Gasteiger partial charge is 0.255 e. The first-order valence-electron chi connectivity index (χ1n) is 6.90. The summed E-state index contributed by atoms with van der Waals surface area (Å²) in [7, 11) is 0. The van der Waals surface area contributed by atoms with Crippen LogP contribution in [0.3, 0.4) is 0 Å². The second-order valence-corrected chi connectivity index (χ2v) is 4.96. The second-order valence-electron chi connectivity index (χ2n) is 4.96. The Morgan fingerprint density at radius 2 is 2.10 bits per heavy atom. The highest BCUT2D eigenvalue weighted by atomic mass is 19.1. The van der Waals surface area contributed by atoms with Crippen molar-refractivity contribution in [1.82, 2.24) is 14.8 Å². The molecule has 0 aromatic carbocycles. The standard InChI is InChI=1S/C14H20FN3O2/c1-2-13(10-19)17-3-5-18(6-4-17)14(20)11-7-12(15)9-16-8-11/h7-9,13,19H,2-6,10H2,1H3/t13-/m1/s1. The van der Waals surface area contributed by atoms with Crippen molar-refractivity contribution in [3.8, 4) is 0 Å². The topological polar surface area (TPSA) is 56.7 Å². The van der Waals surface area contributed by atoms with E-state index in [1.54, 1.807) is 4.90 Å². The third-order valence-electron chi connectivity index (χ3n) is 3.75. The Balaban J connectivity index is 1.95. The number of carbonyl (C=O) groups excluding carboxylic acids is 1. The van der Waals surface area contributed by atoms with Crippen LogP contribution in [0.4, 0.5) is 4.39 Å². The van der Waals surface area contributed by atoms with E-state index in [0.717, 1.165) is 25.7 Å². The van der Waals surface area contributed by atoms with E-state index in [1.165, 1.54) is 12.3 Å². The van der Waals surface area contributed by atoms with Gasteiger partial charge in [-0.05, 0) is 12.5 Å². The fourth-order valence-electron chi connectivity index (χ4n) is 2.50. The van der Waals surface area contributed by atoms with E-state index < -0.39 is 5.82 Å². The summed E-state index contributed by atoms with van der Waals surface area (Å²) in [6, 6.07) is 1.37. The zero-order valence-corrected chi connectivity index (χ0v) is 11.6. The maximum absolute atomic E-state index is 13.1. The van der Waals surface area contributed by atoms with Gasteiger partial charge in [-0.3, -0.25) is 14.7 Å². The third-order valence-corrected chi connectivity index (χ3v) is 3.75. The summed E-state index contributed by atoms with van der Waals surface area (Å²) in [5.41, 5.74) is 0.285. The SMILES string of the molecule is CC[C@H](CO)N1CCN(C(=O)c2cncc(F)c2)CC1. The molecule has 1 fully saturated rings. The van der Waals surface area contributed by atoms with Gasteiger partial charge in [-0.25, -0.2) is 4.39 Å². The summed E-state index contributed by atoms with van der Waals surface area (Å²) in [5, 5.41) is 9.29. The molecule has 5 nitrogen and oxygen atoms in total. The van der Waals surface area contributed by atoms with Crippen LogP contribution in [0, 0.1) is 5.82 Å². The maximum Gasteiger partial charge on any atom is 0.255 e. The molecule has 0 bridgehead atoms. The largest absolute Gasteiger partial charge is 0.395 e. The molecule has 0 spiro atoms. The van der Waals surface area contributed by atoms with Crippen LogP contribution in [-0.2, 0) is 0 Å². The number of carbonyl (C=O) groups is 1. The Hall–Kier alpha value is -1.53. The fourth-order valence-corrected chi connectivity index (χ4v) is 2.50. The Bertz CT molecular complexity index is 457. The number of rotatable bonds is 4. The highest BCUT2D eigenvalue weighted by molar-refractivity contribution is 5.94. The molecule has 110 valence electrons. The summed E-state index contributed by atoms with van der Waals surface area (Å²) in [6.45, 7) is 4.81. The number of nitrogens with zero attached hydrogens (tertiary/aromatic N) is 3. The molecular formula is C14H20FN3O2. The monoisotopic (exact) mass is 281 g/mol. The third kappa shape index (κ3) is 3.32. The zero-order chi connectivity index (χ0) is 14.5. The molecule has 1 aromatic heterocycles. The lowest BCUT2D eigenvalue weighted by molar-refractivity contribution is 0.0471. The van der Waals surface area contributed by atoms with Crippen LogP contribution in [-0.4, -0.2) is 64.6 Å². The summed E-state index contributed by atoms with van der Waals surface area (Å²) < 4.78 is 13.1. The van der Waals surface area contributed by atoms with Gasteiger partial charge in [0, 0.05) is 38.4 Å². The van der Waals surface area contributed by atoms with Gasteiger partial charge in [0.25, 0.3) is 5.91 Å². The average molecular weight is 281 g/mol. The quantitative estimate of drug-likeness (QED) is 0.885. The molecular weight excluding hydrogens is 261 g/mol.